The molecule has 6 nitrogen and oxygen atoms in total. The molecule has 1 aromatic rings. The molecule has 0 radical (unpaired) electrons. The maximum Gasteiger partial charge on any atom is 0.257 e. The van der Waals surface area contributed by atoms with Crippen LogP contribution in [0.3, 0.4) is 0 Å². The van der Waals surface area contributed by atoms with Gasteiger partial charge in [-0.15, -0.1) is 0 Å². The Morgan fingerprint density at radius 2 is 1.92 bits per heavy atom. The predicted octanol–water partition coefficient (Wildman–Crippen LogP) is 2.20. The molecule has 7 heteroatoms. The average molecular weight is 367 g/mol. The summed E-state index contributed by atoms with van der Waals surface area (Å²) in [5.74, 6) is 0.434. The fourth-order valence-corrected chi connectivity index (χ4v) is 3.51. The summed E-state index contributed by atoms with van der Waals surface area (Å²) in [5, 5.41) is 0.495. The average Bonchev–Trinajstić information content (AvgIpc) is 3.05. The first-order valence-corrected chi connectivity index (χ1v) is 9.01. The Morgan fingerprint density at radius 1 is 1.16 bits per heavy atom. The lowest BCUT2D eigenvalue weighted by molar-refractivity contribution is -0.140. The topological polar surface area (TPSA) is 59.1 Å². The van der Waals surface area contributed by atoms with Gasteiger partial charge >= 0.3 is 0 Å². The van der Waals surface area contributed by atoms with E-state index < -0.39 is 0 Å². The molecule has 2 saturated heterocycles. The van der Waals surface area contributed by atoms with Gasteiger partial charge in [0.15, 0.2) is 0 Å². The maximum atomic E-state index is 12.9. The number of hydrogen-bond donors (Lipinski definition) is 0. The van der Waals surface area contributed by atoms with Gasteiger partial charge in [0.05, 0.1) is 12.7 Å². The summed E-state index contributed by atoms with van der Waals surface area (Å²) >= 11 is 6.03. The molecule has 2 heterocycles. The Hall–Kier alpha value is -1.79. The zero-order valence-corrected chi connectivity index (χ0v) is 15.1. The number of carbonyl (C=O) groups is 2. The normalized spacial score (nSPS) is 21.1. The second-order valence-electron chi connectivity index (χ2n) is 6.32. The van der Waals surface area contributed by atoms with Crippen LogP contribution < -0.4 is 4.74 Å². The van der Waals surface area contributed by atoms with Crippen LogP contribution in [0.2, 0.25) is 5.02 Å². The van der Waals surface area contributed by atoms with Gasteiger partial charge in [0.2, 0.25) is 0 Å². The monoisotopic (exact) mass is 366 g/mol. The van der Waals surface area contributed by atoms with E-state index in [1.807, 2.05) is 4.90 Å². The van der Waals surface area contributed by atoms with Crippen LogP contribution in [0.15, 0.2) is 18.2 Å². The van der Waals surface area contributed by atoms with E-state index in [4.69, 9.17) is 21.1 Å². The van der Waals surface area contributed by atoms with Crippen LogP contribution in [-0.2, 0) is 9.53 Å². The van der Waals surface area contributed by atoms with Gasteiger partial charge in [0.25, 0.3) is 11.8 Å². The first-order chi connectivity index (χ1) is 12.1. The van der Waals surface area contributed by atoms with E-state index in [0.717, 1.165) is 19.3 Å². The number of methoxy groups -OCH3 is 1. The standard InChI is InChI=1S/C18H23ClN2O4/c1-24-15-6-5-13(19)12-14(15)17(22)20-7-3-8-21(10-9-20)18(23)16-4-2-11-25-16/h5-6,12,16H,2-4,7-11H2,1H3. The van der Waals surface area contributed by atoms with Crippen molar-refractivity contribution in [2.75, 3.05) is 39.9 Å². The van der Waals surface area contributed by atoms with E-state index in [1.54, 1.807) is 23.1 Å². The van der Waals surface area contributed by atoms with E-state index >= 15 is 0 Å². The smallest absolute Gasteiger partial charge is 0.257 e. The fraction of sp³-hybridized carbons (Fsp3) is 0.556. The number of ether oxygens (including phenoxy) is 2. The van der Waals surface area contributed by atoms with Crippen molar-refractivity contribution in [1.82, 2.24) is 9.80 Å². The van der Waals surface area contributed by atoms with E-state index in [0.29, 0.717) is 49.1 Å². The second kappa shape index (κ2) is 8.06. The molecule has 0 aliphatic carbocycles. The van der Waals surface area contributed by atoms with Crippen molar-refractivity contribution in [2.45, 2.75) is 25.4 Å². The molecule has 2 amide bonds. The highest BCUT2D eigenvalue weighted by Crippen LogP contribution is 2.25. The summed E-state index contributed by atoms with van der Waals surface area (Å²) in [7, 11) is 1.53. The largest absolute Gasteiger partial charge is 0.496 e. The molecule has 3 rings (SSSR count). The van der Waals surface area contributed by atoms with Gasteiger partial charge < -0.3 is 19.3 Å². The third kappa shape index (κ3) is 4.07. The summed E-state index contributed by atoms with van der Waals surface area (Å²) in [6.07, 6.45) is 2.16. The van der Waals surface area contributed by atoms with Crippen molar-refractivity contribution in [3.05, 3.63) is 28.8 Å². The quantitative estimate of drug-likeness (QED) is 0.823. The summed E-state index contributed by atoms with van der Waals surface area (Å²) in [6.45, 7) is 2.92. The van der Waals surface area contributed by atoms with Crippen LogP contribution in [0.5, 0.6) is 5.75 Å². The van der Waals surface area contributed by atoms with Gasteiger partial charge in [-0.2, -0.15) is 0 Å². The zero-order valence-electron chi connectivity index (χ0n) is 14.4. The van der Waals surface area contributed by atoms with E-state index in [-0.39, 0.29) is 17.9 Å². The molecule has 0 N–H and O–H groups in total. The highest BCUT2D eigenvalue weighted by Gasteiger charge is 2.30. The van der Waals surface area contributed by atoms with E-state index in [9.17, 15) is 9.59 Å². The lowest BCUT2D eigenvalue weighted by Gasteiger charge is -2.24. The van der Waals surface area contributed by atoms with Crippen molar-refractivity contribution >= 4 is 23.4 Å². The summed E-state index contributed by atoms with van der Waals surface area (Å²) in [4.78, 5) is 29.0. The van der Waals surface area contributed by atoms with Gasteiger partial charge in [-0.1, -0.05) is 11.6 Å². The molecule has 2 aliphatic heterocycles. The van der Waals surface area contributed by atoms with Crippen molar-refractivity contribution in [2.24, 2.45) is 0 Å². The van der Waals surface area contributed by atoms with Gasteiger partial charge in [0, 0.05) is 37.8 Å². The third-order valence-electron chi connectivity index (χ3n) is 4.69. The van der Waals surface area contributed by atoms with Gasteiger partial charge in [-0.3, -0.25) is 9.59 Å². The van der Waals surface area contributed by atoms with Crippen LogP contribution in [0.4, 0.5) is 0 Å². The Bertz CT molecular complexity index is 646. The number of halogens is 1. The molecule has 0 bridgehead atoms. The maximum absolute atomic E-state index is 12.9. The fourth-order valence-electron chi connectivity index (χ4n) is 3.33. The minimum Gasteiger partial charge on any atom is -0.496 e. The van der Waals surface area contributed by atoms with Crippen LogP contribution in [0.25, 0.3) is 0 Å². The molecule has 136 valence electrons. The van der Waals surface area contributed by atoms with Gasteiger partial charge in [-0.05, 0) is 37.5 Å². The van der Waals surface area contributed by atoms with Crippen LogP contribution >= 0.6 is 11.6 Å². The Labute approximate surface area is 152 Å². The minimum absolute atomic E-state index is 0.0483. The van der Waals surface area contributed by atoms with Gasteiger partial charge in [-0.25, -0.2) is 0 Å². The first-order valence-electron chi connectivity index (χ1n) is 8.63. The van der Waals surface area contributed by atoms with Crippen LogP contribution in [0, 0.1) is 0 Å². The van der Waals surface area contributed by atoms with Crippen molar-refractivity contribution in [3.8, 4) is 5.75 Å². The number of benzene rings is 1. The molecule has 1 atom stereocenters. The van der Waals surface area contributed by atoms with E-state index in [2.05, 4.69) is 0 Å². The molecule has 0 spiro atoms. The molecular formula is C18H23ClN2O4. The lowest BCUT2D eigenvalue weighted by Crippen LogP contribution is -2.41. The lowest BCUT2D eigenvalue weighted by atomic mass is 10.1. The summed E-state index contributed by atoms with van der Waals surface area (Å²) < 4.78 is 10.8. The molecular weight excluding hydrogens is 344 g/mol. The number of hydrogen-bond acceptors (Lipinski definition) is 4. The van der Waals surface area contributed by atoms with Crippen LogP contribution in [-0.4, -0.2) is 67.6 Å². The first kappa shape index (κ1) is 18.0. The number of rotatable bonds is 3. The summed E-state index contributed by atoms with van der Waals surface area (Å²) in [6, 6.07) is 5.02. The Morgan fingerprint density at radius 3 is 2.64 bits per heavy atom. The highest BCUT2D eigenvalue weighted by molar-refractivity contribution is 6.31. The molecule has 2 fully saturated rings. The van der Waals surface area contributed by atoms with E-state index in [1.165, 1.54) is 7.11 Å². The molecule has 0 saturated carbocycles. The Balaban J connectivity index is 1.67. The minimum atomic E-state index is -0.310. The molecule has 1 aromatic carbocycles. The zero-order chi connectivity index (χ0) is 17.8. The highest BCUT2D eigenvalue weighted by atomic mass is 35.5. The van der Waals surface area contributed by atoms with Crippen molar-refractivity contribution < 1.29 is 19.1 Å². The number of nitrogens with zero attached hydrogens (tertiary/aromatic N) is 2. The Kier molecular flexibility index (Phi) is 5.81. The van der Waals surface area contributed by atoms with Crippen molar-refractivity contribution in [1.29, 1.82) is 0 Å². The van der Waals surface area contributed by atoms with Crippen molar-refractivity contribution in [3.63, 3.8) is 0 Å². The van der Waals surface area contributed by atoms with Crippen LogP contribution in [0.1, 0.15) is 29.6 Å². The molecule has 0 aromatic heterocycles. The molecule has 25 heavy (non-hydrogen) atoms. The van der Waals surface area contributed by atoms with Gasteiger partial charge in [0.1, 0.15) is 11.9 Å². The predicted molar refractivity (Wildman–Crippen MR) is 94.1 cm³/mol. The molecule has 1 unspecified atom stereocenters. The number of amides is 2. The SMILES string of the molecule is COc1ccc(Cl)cc1C(=O)N1CCCN(C(=O)C2CCCO2)CC1. The second-order valence-corrected chi connectivity index (χ2v) is 6.75. The molecule has 2 aliphatic rings. The number of carbonyl (C=O) groups excluding carboxylic acids is 2. The summed E-state index contributed by atoms with van der Waals surface area (Å²) in [5.41, 5.74) is 0.453. The third-order valence-corrected chi connectivity index (χ3v) is 4.93.